The average molecular weight is 235 g/mol. The molecule has 1 heterocycles. The lowest BCUT2D eigenvalue weighted by molar-refractivity contribution is 0.0804. The number of benzene rings is 1. The van der Waals surface area contributed by atoms with Crippen molar-refractivity contribution in [2.75, 3.05) is 6.61 Å². The van der Waals surface area contributed by atoms with Gasteiger partial charge >= 0.3 is 0 Å². The van der Waals surface area contributed by atoms with E-state index in [0.29, 0.717) is 13.2 Å². The molecule has 0 bridgehead atoms. The van der Waals surface area contributed by atoms with Crippen molar-refractivity contribution in [2.24, 2.45) is 0 Å². The SMILES string of the molecule is CCCOCn1ccc2cc(F)c(CC)cc21. The van der Waals surface area contributed by atoms with Gasteiger partial charge in [0.25, 0.3) is 0 Å². The van der Waals surface area contributed by atoms with Crippen LogP contribution in [0.3, 0.4) is 0 Å². The van der Waals surface area contributed by atoms with Crippen molar-refractivity contribution in [2.45, 2.75) is 33.4 Å². The van der Waals surface area contributed by atoms with Gasteiger partial charge in [0, 0.05) is 18.2 Å². The summed E-state index contributed by atoms with van der Waals surface area (Å²) in [5.41, 5.74) is 1.80. The number of rotatable bonds is 5. The number of hydrogen-bond acceptors (Lipinski definition) is 1. The largest absolute Gasteiger partial charge is 0.361 e. The van der Waals surface area contributed by atoms with Crippen LogP contribution in [0.1, 0.15) is 25.8 Å². The molecule has 2 rings (SSSR count). The maximum absolute atomic E-state index is 13.6. The van der Waals surface area contributed by atoms with Crippen LogP contribution in [0.25, 0.3) is 10.9 Å². The van der Waals surface area contributed by atoms with E-state index >= 15 is 0 Å². The van der Waals surface area contributed by atoms with Crippen molar-refractivity contribution >= 4 is 10.9 Å². The Labute approximate surface area is 101 Å². The first kappa shape index (κ1) is 12.1. The molecule has 0 amide bonds. The zero-order valence-electron chi connectivity index (χ0n) is 10.4. The van der Waals surface area contributed by atoms with Gasteiger partial charge in [0.1, 0.15) is 12.5 Å². The van der Waals surface area contributed by atoms with Crippen LogP contribution in [-0.4, -0.2) is 11.2 Å². The minimum absolute atomic E-state index is 0.118. The molecule has 0 saturated heterocycles. The third-order valence-corrected chi connectivity index (χ3v) is 2.90. The zero-order valence-corrected chi connectivity index (χ0v) is 10.4. The maximum atomic E-state index is 13.6. The van der Waals surface area contributed by atoms with E-state index in [1.807, 2.05) is 29.8 Å². The molecule has 0 aliphatic carbocycles. The minimum Gasteiger partial charge on any atom is -0.361 e. The molecule has 2 aromatic rings. The van der Waals surface area contributed by atoms with E-state index in [1.165, 1.54) is 0 Å². The summed E-state index contributed by atoms with van der Waals surface area (Å²) in [6.07, 6.45) is 3.66. The number of aryl methyl sites for hydroxylation is 1. The molecule has 0 atom stereocenters. The summed E-state index contributed by atoms with van der Waals surface area (Å²) in [6, 6.07) is 5.44. The fourth-order valence-electron chi connectivity index (χ4n) is 1.94. The van der Waals surface area contributed by atoms with Gasteiger partial charge in [0.15, 0.2) is 0 Å². The topological polar surface area (TPSA) is 14.2 Å². The molecule has 0 radical (unpaired) electrons. The van der Waals surface area contributed by atoms with E-state index in [-0.39, 0.29) is 5.82 Å². The molecule has 0 saturated carbocycles. The summed E-state index contributed by atoms with van der Waals surface area (Å²) in [5.74, 6) is -0.118. The van der Waals surface area contributed by atoms with Crippen LogP contribution in [0.15, 0.2) is 24.4 Å². The molecule has 0 N–H and O–H groups in total. The molecule has 0 aliphatic rings. The lowest BCUT2D eigenvalue weighted by atomic mass is 10.1. The van der Waals surface area contributed by atoms with Crippen LogP contribution in [0.4, 0.5) is 4.39 Å². The van der Waals surface area contributed by atoms with Gasteiger partial charge in [-0.3, -0.25) is 0 Å². The van der Waals surface area contributed by atoms with Crippen molar-refractivity contribution < 1.29 is 9.13 Å². The molecule has 3 heteroatoms. The van der Waals surface area contributed by atoms with Crippen molar-refractivity contribution in [1.29, 1.82) is 0 Å². The van der Waals surface area contributed by atoms with Crippen LogP contribution < -0.4 is 0 Å². The van der Waals surface area contributed by atoms with Gasteiger partial charge in [0.2, 0.25) is 0 Å². The summed E-state index contributed by atoms with van der Waals surface area (Å²) in [5, 5.41) is 0.930. The molecular weight excluding hydrogens is 217 g/mol. The van der Waals surface area contributed by atoms with Crippen LogP contribution >= 0.6 is 0 Å². The van der Waals surface area contributed by atoms with E-state index in [1.54, 1.807) is 6.07 Å². The molecule has 17 heavy (non-hydrogen) atoms. The van der Waals surface area contributed by atoms with Crippen LogP contribution in [0, 0.1) is 5.82 Å². The monoisotopic (exact) mass is 235 g/mol. The van der Waals surface area contributed by atoms with Gasteiger partial charge in [-0.1, -0.05) is 13.8 Å². The predicted octanol–water partition coefficient (Wildman–Crippen LogP) is 3.73. The second-order valence-electron chi connectivity index (χ2n) is 4.18. The molecule has 0 spiro atoms. The molecule has 1 aromatic carbocycles. The van der Waals surface area contributed by atoms with Crippen molar-refractivity contribution in [3.63, 3.8) is 0 Å². The Morgan fingerprint density at radius 3 is 2.82 bits per heavy atom. The maximum Gasteiger partial charge on any atom is 0.127 e. The standard InChI is InChI=1S/C14H18FNO/c1-3-7-17-10-16-6-5-12-8-13(15)11(4-2)9-14(12)16/h5-6,8-9H,3-4,7,10H2,1-2H3. The van der Waals surface area contributed by atoms with E-state index in [4.69, 9.17) is 4.74 Å². The molecule has 0 fully saturated rings. The Balaban J connectivity index is 2.31. The van der Waals surface area contributed by atoms with Gasteiger partial charge in [-0.15, -0.1) is 0 Å². The summed E-state index contributed by atoms with van der Waals surface area (Å²) >= 11 is 0. The summed E-state index contributed by atoms with van der Waals surface area (Å²) < 4.78 is 21.1. The van der Waals surface area contributed by atoms with Gasteiger partial charge in [-0.2, -0.15) is 0 Å². The quantitative estimate of drug-likeness (QED) is 0.720. The molecular formula is C14H18FNO. The highest BCUT2D eigenvalue weighted by molar-refractivity contribution is 5.81. The summed E-state index contributed by atoms with van der Waals surface area (Å²) in [7, 11) is 0. The number of fused-ring (bicyclic) bond motifs is 1. The molecule has 92 valence electrons. The first-order valence-corrected chi connectivity index (χ1v) is 6.11. The molecule has 0 unspecified atom stereocenters. The van der Waals surface area contributed by atoms with Gasteiger partial charge in [0.05, 0.1) is 5.52 Å². The molecule has 0 aliphatic heterocycles. The highest BCUT2D eigenvalue weighted by atomic mass is 19.1. The zero-order chi connectivity index (χ0) is 12.3. The summed E-state index contributed by atoms with van der Waals surface area (Å²) in [6.45, 7) is 5.33. The smallest absolute Gasteiger partial charge is 0.127 e. The highest BCUT2D eigenvalue weighted by Gasteiger charge is 2.06. The third kappa shape index (κ3) is 2.50. The Kier molecular flexibility index (Phi) is 3.79. The van der Waals surface area contributed by atoms with E-state index in [2.05, 4.69) is 6.92 Å². The summed E-state index contributed by atoms with van der Waals surface area (Å²) in [4.78, 5) is 0. The Morgan fingerprint density at radius 1 is 1.29 bits per heavy atom. The Hall–Kier alpha value is -1.35. The van der Waals surface area contributed by atoms with E-state index in [0.717, 1.165) is 29.5 Å². The Bertz CT molecular complexity index is 504. The van der Waals surface area contributed by atoms with E-state index < -0.39 is 0 Å². The first-order valence-electron chi connectivity index (χ1n) is 6.11. The van der Waals surface area contributed by atoms with E-state index in [9.17, 15) is 4.39 Å². The number of ether oxygens (including phenoxy) is 1. The fraction of sp³-hybridized carbons (Fsp3) is 0.429. The van der Waals surface area contributed by atoms with Crippen molar-refractivity contribution in [3.05, 3.63) is 35.8 Å². The fourth-order valence-corrected chi connectivity index (χ4v) is 1.94. The molecule has 2 nitrogen and oxygen atoms in total. The second-order valence-corrected chi connectivity index (χ2v) is 4.18. The number of aromatic nitrogens is 1. The lowest BCUT2D eigenvalue weighted by Gasteiger charge is -2.07. The third-order valence-electron chi connectivity index (χ3n) is 2.90. The van der Waals surface area contributed by atoms with Gasteiger partial charge in [-0.05, 0) is 36.6 Å². The number of halogens is 1. The molecule has 1 aromatic heterocycles. The van der Waals surface area contributed by atoms with Crippen LogP contribution in [-0.2, 0) is 17.9 Å². The van der Waals surface area contributed by atoms with Gasteiger partial charge < -0.3 is 9.30 Å². The number of hydrogen-bond donors (Lipinski definition) is 0. The number of nitrogens with zero attached hydrogens (tertiary/aromatic N) is 1. The van der Waals surface area contributed by atoms with Crippen LogP contribution in [0.5, 0.6) is 0 Å². The predicted molar refractivity (Wildman–Crippen MR) is 67.5 cm³/mol. The average Bonchev–Trinajstić information content (AvgIpc) is 2.71. The van der Waals surface area contributed by atoms with Crippen molar-refractivity contribution in [1.82, 2.24) is 4.57 Å². The van der Waals surface area contributed by atoms with Crippen molar-refractivity contribution in [3.8, 4) is 0 Å². The highest BCUT2D eigenvalue weighted by Crippen LogP contribution is 2.21. The normalized spacial score (nSPS) is 11.2. The second kappa shape index (κ2) is 5.32. The minimum atomic E-state index is -0.118. The first-order chi connectivity index (χ1) is 8.26. The van der Waals surface area contributed by atoms with Crippen LogP contribution in [0.2, 0.25) is 0 Å². The Morgan fingerprint density at radius 2 is 2.12 bits per heavy atom. The van der Waals surface area contributed by atoms with Gasteiger partial charge in [-0.25, -0.2) is 4.39 Å². The lowest BCUT2D eigenvalue weighted by Crippen LogP contribution is -2.02.